The zero-order chi connectivity index (χ0) is 17.6. The molecule has 0 saturated carbocycles. The zero-order valence-electron chi connectivity index (χ0n) is 15.4. The highest BCUT2D eigenvalue weighted by atomic mass is 16.5. The summed E-state index contributed by atoms with van der Waals surface area (Å²) in [5, 5.41) is 3.02. The third kappa shape index (κ3) is 5.19. The molecule has 1 saturated heterocycles. The van der Waals surface area contributed by atoms with Crippen molar-refractivity contribution in [1.29, 1.82) is 0 Å². The molecule has 0 unspecified atom stereocenters. The maximum atomic E-state index is 12.5. The number of rotatable bonds is 5. The monoisotopic (exact) mass is 346 g/mol. The molecule has 0 radical (unpaired) electrons. The molecule has 0 aromatic heterocycles. The summed E-state index contributed by atoms with van der Waals surface area (Å²) in [6, 6.07) is 6.28. The summed E-state index contributed by atoms with van der Waals surface area (Å²) in [6.45, 7) is 8.91. The molecule has 1 atom stereocenters. The second-order valence-electron chi connectivity index (χ2n) is 7.48. The predicted octanol–water partition coefficient (Wildman–Crippen LogP) is 2.37. The molecule has 1 N–H and O–H groups in total. The Bertz CT molecular complexity index is 588. The van der Waals surface area contributed by atoms with Gasteiger partial charge < -0.3 is 14.8 Å². The lowest BCUT2D eigenvalue weighted by molar-refractivity contribution is -0.138. The Hall–Kier alpha value is -1.59. The summed E-state index contributed by atoms with van der Waals surface area (Å²) in [5.41, 5.74) is 2.34. The Balaban J connectivity index is 1.52. The van der Waals surface area contributed by atoms with E-state index in [1.807, 2.05) is 0 Å². The fourth-order valence-corrected chi connectivity index (χ4v) is 3.50. The van der Waals surface area contributed by atoms with Crippen LogP contribution < -0.4 is 10.1 Å². The molecule has 5 nitrogen and oxygen atoms in total. The summed E-state index contributed by atoms with van der Waals surface area (Å²) < 4.78 is 11.5. The Morgan fingerprint density at radius 3 is 3.04 bits per heavy atom. The van der Waals surface area contributed by atoms with E-state index < -0.39 is 0 Å². The van der Waals surface area contributed by atoms with Crippen LogP contribution in [-0.4, -0.2) is 49.8 Å². The van der Waals surface area contributed by atoms with E-state index in [1.54, 1.807) is 0 Å². The first-order chi connectivity index (χ1) is 12.1. The number of fused-ring (bicyclic) bond motifs is 1. The Morgan fingerprint density at radius 1 is 1.32 bits per heavy atom. The smallest absolute Gasteiger partial charge is 0.250 e. The number of morpholine rings is 1. The third-order valence-electron chi connectivity index (χ3n) is 4.76. The molecule has 138 valence electrons. The van der Waals surface area contributed by atoms with Crippen molar-refractivity contribution in [2.45, 2.75) is 45.8 Å². The van der Waals surface area contributed by atoms with Crippen molar-refractivity contribution in [1.82, 2.24) is 10.2 Å². The molecule has 2 aliphatic heterocycles. The van der Waals surface area contributed by atoms with Crippen LogP contribution >= 0.6 is 0 Å². The second kappa shape index (κ2) is 8.68. The van der Waals surface area contributed by atoms with Crippen LogP contribution in [0.25, 0.3) is 0 Å². The third-order valence-corrected chi connectivity index (χ3v) is 4.76. The minimum absolute atomic E-state index is 0.0238. The number of nitrogens with zero attached hydrogens (tertiary/aromatic N) is 1. The van der Waals surface area contributed by atoms with E-state index in [0.29, 0.717) is 25.6 Å². The van der Waals surface area contributed by atoms with E-state index in [1.165, 1.54) is 12.0 Å². The van der Waals surface area contributed by atoms with Gasteiger partial charge in [0, 0.05) is 26.2 Å². The van der Waals surface area contributed by atoms with Crippen molar-refractivity contribution in [3.05, 3.63) is 29.3 Å². The highest BCUT2D eigenvalue weighted by Crippen LogP contribution is 2.25. The van der Waals surface area contributed by atoms with Gasteiger partial charge in [-0.15, -0.1) is 0 Å². The Morgan fingerprint density at radius 2 is 2.20 bits per heavy atom. The molecule has 0 aliphatic carbocycles. The molecule has 1 aromatic rings. The number of hydrogen-bond acceptors (Lipinski definition) is 4. The summed E-state index contributed by atoms with van der Waals surface area (Å²) in [6.07, 6.45) is 2.98. The van der Waals surface area contributed by atoms with Gasteiger partial charge in [0.1, 0.15) is 11.9 Å². The Labute approximate surface area is 150 Å². The van der Waals surface area contributed by atoms with Crippen LogP contribution in [0.3, 0.4) is 0 Å². The lowest BCUT2D eigenvalue weighted by Gasteiger charge is -2.33. The first-order valence-corrected chi connectivity index (χ1v) is 9.48. The number of nitrogens with one attached hydrogen (secondary N) is 1. The first-order valence-electron chi connectivity index (χ1n) is 9.48. The van der Waals surface area contributed by atoms with Gasteiger partial charge in [-0.25, -0.2) is 0 Å². The van der Waals surface area contributed by atoms with Crippen molar-refractivity contribution in [3.63, 3.8) is 0 Å². The van der Waals surface area contributed by atoms with Gasteiger partial charge in [-0.1, -0.05) is 26.0 Å². The lowest BCUT2D eigenvalue weighted by Crippen LogP contribution is -2.50. The largest absolute Gasteiger partial charge is 0.493 e. The zero-order valence-corrected chi connectivity index (χ0v) is 15.4. The standard InChI is InChI=1S/C20H30N2O3/c1-15(2)13-22-8-10-25-19(14-22)20(23)21-12-16-6-7-17-5-3-4-9-24-18(17)11-16/h6-7,11,15,19H,3-5,8-10,12-14H2,1-2H3,(H,21,23)/t19-/m1/s1. The van der Waals surface area contributed by atoms with E-state index in [9.17, 15) is 4.79 Å². The molecule has 2 aliphatic rings. The number of carbonyl (C=O) groups excluding carboxylic acids is 1. The van der Waals surface area contributed by atoms with Crippen molar-refractivity contribution in [2.24, 2.45) is 5.92 Å². The van der Waals surface area contributed by atoms with Gasteiger partial charge in [0.05, 0.1) is 13.2 Å². The quantitative estimate of drug-likeness (QED) is 0.889. The first kappa shape index (κ1) is 18.2. The summed E-state index contributed by atoms with van der Waals surface area (Å²) >= 11 is 0. The molecule has 25 heavy (non-hydrogen) atoms. The molecule has 0 bridgehead atoms. The fourth-order valence-electron chi connectivity index (χ4n) is 3.50. The van der Waals surface area contributed by atoms with Crippen LogP contribution in [0, 0.1) is 5.92 Å². The highest BCUT2D eigenvalue weighted by Gasteiger charge is 2.26. The van der Waals surface area contributed by atoms with E-state index in [4.69, 9.17) is 9.47 Å². The molecule has 1 amide bonds. The van der Waals surface area contributed by atoms with E-state index in [2.05, 4.69) is 42.3 Å². The molecule has 5 heteroatoms. The summed E-state index contributed by atoms with van der Waals surface area (Å²) in [7, 11) is 0. The molecule has 1 aromatic carbocycles. The van der Waals surface area contributed by atoms with Gasteiger partial charge in [-0.2, -0.15) is 0 Å². The van der Waals surface area contributed by atoms with Gasteiger partial charge in [0.25, 0.3) is 5.91 Å². The minimum atomic E-state index is -0.371. The molecular weight excluding hydrogens is 316 g/mol. The van der Waals surface area contributed by atoms with Gasteiger partial charge in [0.15, 0.2) is 0 Å². The Kier molecular flexibility index (Phi) is 6.32. The van der Waals surface area contributed by atoms with E-state index in [-0.39, 0.29) is 12.0 Å². The average molecular weight is 346 g/mol. The molecule has 2 heterocycles. The van der Waals surface area contributed by atoms with Gasteiger partial charge in [0.2, 0.25) is 0 Å². The van der Waals surface area contributed by atoms with Crippen LogP contribution in [0.1, 0.15) is 37.8 Å². The van der Waals surface area contributed by atoms with Crippen LogP contribution in [0.2, 0.25) is 0 Å². The molecule has 3 rings (SSSR count). The van der Waals surface area contributed by atoms with Crippen molar-refractivity contribution < 1.29 is 14.3 Å². The van der Waals surface area contributed by atoms with Crippen LogP contribution in [0.5, 0.6) is 5.75 Å². The fraction of sp³-hybridized carbons (Fsp3) is 0.650. The van der Waals surface area contributed by atoms with E-state index >= 15 is 0 Å². The second-order valence-corrected chi connectivity index (χ2v) is 7.48. The lowest BCUT2D eigenvalue weighted by atomic mass is 10.1. The number of carbonyl (C=O) groups is 1. The number of benzene rings is 1. The SMILES string of the molecule is CC(C)CN1CCO[C@@H](C(=O)NCc2ccc3c(c2)OCCCC3)C1. The van der Waals surface area contributed by atoms with Crippen LogP contribution in [-0.2, 0) is 22.5 Å². The molecule has 0 spiro atoms. The number of amides is 1. The maximum Gasteiger partial charge on any atom is 0.250 e. The molecular formula is C20H30N2O3. The van der Waals surface area contributed by atoms with Gasteiger partial charge in [-0.3, -0.25) is 9.69 Å². The van der Waals surface area contributed by atoms with E-state index in [0.717, 1.165) is 43.9 Å². The average Bonchev–Trinajstić information content (AvgIpc) is 2.84. The van der Waals surface area contributed by atoms with Crippen molar-refractivity contribution >= 4 is 5.91 Å². The summed E-state index contributed by atoms with van der Waals surface area (Å²) in [5.74, 6) is 1.55. The van der Waals surface area contributed by atoms with Crippen LogP contribution in [0.4, 0.5) is 0 Å². The van der Waals surface area contributed by atoms with Gasteiger partial charge in [-0.05, 0) is 42.4 Å². The number of hydrogen-bond donors (Lipinski definition) is 1. The number of ether oxygens (including phenoxy) is 2. The summed E-state index contributed by atoms with van der Waals surface area (Å²) in [4.78, 5) is 14.8. The van der Waals surface area contributed by atoms with Crippen molar-refractivity contribution in [2.75, 3.05) is 32.8 Å². The highest BCUT2D eigenvalue weighted by molar-refractivity contribution is 5.81. The van der Waals surface area contributed by atoms with Crippen molar-refractivity contribution in [3.8, 4) is 5.75 Å². The minimum Gasteiger partial charge on any atom is -0.493 e. The predicted molar refractivity (Wildman–Crippen MR) is 97.7 cm³/mol. The maximum absolute atomic E-state index is 12.5. The topological polar surface area (TPSA) is 50.8 Å². The molecule has 1 fully saturated rings. The van der Waals surface area contributed by atoms with Crippen LogP contribution in [0.15, 0.2) is 18.2 Å². The number of aryl methyl sites for hydroxylation is 1. The normalized spacial score (nSPS) is 21.3. The van der Waals surface area contributed by atoms with Gasteiger partial charge >= 0.3 is 0 Å².